The molecule has 100 valence electrons. The van der Waals surface area contributed by atoms with Gasteiger partial charge in [0.1, 0.15) is 5.75 Å². The van der Waals surface area contributed by atoms with Gasteiger partial charge in [-0.05, 0) is 54.8 Å². The van der Waals surface area contributed by atoms with Crippen molar-refractivity contribution in [3.05, 3.63) is 58.7 Å². The van der Waals surface area contributed by atoms with Crippen molar-refractivity contribution >= 4 is 23.2 Å². The normalized spacial score (nSPS) is 15.3. The van der Waals surface area contributed by atoms with Gasteiger partial charge in [0.25, 0.3) is 5.91 Å². The van der Waals surface area contributed by atoms with Crippen LogP contribution in [0.1, 0.15) is 22.3 Å². The molecule has 0 unspecified atom stereocenters. The quantitative estimate of drug-likeness (QED) is 0.775. The standard InChI is InChI=1S/C17H15NO2/c1-10-7-12(8-11(2)16(10)19)9-14-13-5-3-4-6-15(13)18-17(14)20/h3-9,19H,1-2H3,(H,18,20)/b14-9-. The minimum Gasteiger partial charge on any atom is -0.507 e. The van der Waals surface area contributed by atoms with Crippen molar-refractivity contribution in [3.63, 3.8) is 0 Å². The number of aryl methyl sites for hydroxylation is 2. The summed E-state index contributed by atoms with van der Waals surface area (Å²) in [6.45, 7) is 3.71. The van der Waals surface area contributed by atoms with E-state index in [0.29, 0.717) is 11.3 Å². The number of benzene rings is 2. The van der Waals surface area contributed by atoms with Crippen LogP contribution >= 0.6 is 0 Å². The van der Waals surface area contributed by atoms with Gasteiger partial charge in [-0.15, -0.1) is 0 Å². The molecule has 20 heavy (non-hydrogen) atoms. The summed E-state index contributed by atoms with van der Waals surface area (Å²) in [6.07, 6.45) is 1.86. The van der Waals surface area contributed by atoms with E-state index in [2.05, 4.69) is 5.32 Å². The number of amides is 1. The molecular formula is C17H15NO2. The third kappa shape index (κ3) is 1.97. The van der Waals surface area contributed by atoms with E-state index in [1.54, 1.807) is 0 Å². The minimum atomic E-state index is -0.0884. The van der Waals surface area contributed by atoms with Crippen LogP contribution in [0.25, 0.3) is 11.6 Å². The molecule has 1 amide bonds. The highest BCUT2D eigenvalue weighted by atomic mass is 16.3. The Morgan fingerprint density at radius 3 is 2.45 bits per heavy atom. The molecule has 0 bridgehead atoms. The molecule has 1 aliphatic rings. The lowest BCUT2D eigenvalue weighted by Gasteiger charge is -2.05. The van der Waals surface area contributed by atoms with Crippen LogP contribution < -0.4 is 5.32 Å². The summed E-state index contributed by atoms with van der Waals surface area (Å²) in [7, 11) is 0. The van der Waals surface area contributed by atoms with Gasteiger partial charge in [0, 0.05) is 16.8 Å². The molecule has 0 aliphatic carbocycles. The molecule has 0 fully saturated rings. The summed E-state index contributed by atoms with van der Waals surface area (Å²) in [5, 5.41) is 12.7. The number of phenols is 1. The van der Waals surface area contributed by atoms with E-state index in [1.807, 2.05) is 56.3 Å². The van der Waals surface area contributed by atoms with Gasteiger partial charge in [-0.2, -0.15) is 0 Å². The Balaban J connectivity index is 2.11. The third-order valence-electron chi connectivity index (χ3n) is 3.53. The van der Waals surface area contributed by atoms with Crippen LogP contribution in [0.2, 0.25) is 0 Å². The second-order valence-corrected chi connectivity index (χ2v) is 5.06. The van der Waals surface area contributed by atoms with Gasteiger partial charge in [0.2, 0.25) is 0 Å². The monoisotopic (exact) mass is 265 g/mol. The van der Waals surface area contributed by atoms with Gasteiger partial charge >= 0.3 is 0 Å². The number of hydrogen-bond donors (Lipinski definition) is 2. The predicted octanol–water partition coefficient (Wildman–Crippen LogP) is 3.50. The average molecular weight is 265 g/mol. The molecule has 1 aliphatic heterocycles. The highest BCUT2D eigenvalue weighted by Crippen LogP contribution is 2.33. The second kappa shape index (κ2) is 4.53. The minimum absolute atomic E-state index is 0.0884. The maximum atomic E-state index is 12.0. The Morgan fingerprint density at radius 2 is 1.75 bits per heavy atom. The van der Waals surface area contributed by atoms with Crippen molar-refractivity contribution in [2.75, 3.05) is 5.32 Å². The van der Waals surface area contributed by atoms with Crippen LogP contribution in [0.3, 0.4) is 0 Å². The molecule has 3 rings (SSSR count). The van der Waals surface area contributed by atoms with Crippen molar-refractivity contribution in [3.8, 4) is 5.75 Å². The lowest BCUT2D eigenvalue weighted by atomic mass is 10.0. The number of aromatic hydroxyl groups is 1. The molecule has 2 aromatic carbocycles. The van der Waals surface area contributed by atoms with E-state index in [1.165, 1.54) is 0 Å². The molecule has 0 radical (unpaired) electrons. The molecule has 0 saturated heterocycles. The molecule has 0 atom stereocenters. The van der Waals surface area contributed by atoms with E-state index < -0.39 is 0 Å². The number of nitrogens with one attached hydrogen (secondary N) is 1. The van der Waals surface area contributed by atoms with E-state index >= 15 is 0 Å². The summed E-state index contributed by atoms with van der Waals surface area (Å²) in [6, 6.07) is 11.4. The van der Waals surface area contributed by atoms with Gasteiger partial charge in [0.05, 0.1) is 0 Å². The Kier molecular flexibility index (Phi) is 2.83. The largest absolute Gasteiger partial charge is 0.507 e. The smallest absolute Gasteiger partial charge is 0.256 e. The first-order chi connectivity index (χ1) is 9.56. The Labute approximate surface area is 117 Å². The number of hydrogen-bond acceptors (Lipinski definition) is 2. The van der Waals surface area contributed by atoms with Crippen LogP contribution in [0.4, 0.5) is 5.69 Å². The molecule has 0 spiro atoms. The zero-order chi connectivity index (χ0) is 14.3. The first-order valence-corrected chi connectivity index (χ1v) is 6.49. The fourth-order valence-electron chi connectivity index (χ4n) is 2.52. The van der Waals surface area contributed by atoms with Crippen LogP contribution in [-0.2, 0) is 4.79 Å². The number of anilines is 1. The van der Waals surface area contributed by atoms with Gasteiger partial charge in [0.15, 0.2) is 0 Å². The Hall–Kier alpha value is -2.55. The molecule has 2 N–H and O–H groups in total. The van der Waals surface area contributed by atoms with Crippen LogP contribution in [-0.4, -0.2) is 11.0 Å². The highest BCUT2D eigenvalue weighted by molar-refractivity contribution is 6.34. The number of para-hydroxylation sites is 1. The van der Waals surface area contributed by atoms with Gasteiger partial charge in [-0.1, -0.05) is 18.2 Å². The van der Waals surface area contributed by atoms with Crippen LogP contribution in [0.15, 0.2) is 36.4 Å². The van der Waals surface area contributed by atoms with E-state index in [-0.39, 0.29) is 5.91 Å². The van der Waals surface area contributed by atoms with E-state index in [0.717, 1.165) is 27.9 Å². The van der Waals surface area contributed by atoms with Crippen molar-refractivity contribution in [2.24, 2.45) is 0 Å². The maximum Gasteiger partial charge on any atom is 0.256 e. The molecule has 3 nitrogen and oxygen atoms in total. The first kappa shape index (κ1) is 12.5. The Bertz CT molecular complexity index is 721. The summed E-state index contributed by atoms with van der Waals surface area (Å²) in [4.78, 5) is 12.0. The topological polar surface area (TPSA) is 49.3 Å². The summed E-state index contributed by atoms with van der Waals surface area (Å²) in [5.41, 5.74) is 4.95. The molecular weight excluding hydrogens is 250 g/mol. The molecule has 2 aromatic rings. The van der Waals surface area contributed by atoms with Gasteiger partial charge in [-0.3, -0.25) is 4.79 Å². The predicted molar refractivity (Wildman–Crippen MR) is 80.5 cm³/mol. The van der Waals surface area contributed by atoms with Gasteiger partial charge < -0.3 is 10.4 Å². The van der Waals surface area contributed by atoms with Crippen molar-refractivity contribution in [2.45, 2.75) is 13.8 Å². The number of rotatable bonds is 1. The van der Waals surface area contributed by atoms with Crippen LogP contribution in [0.5, 0.6) is 5.75 Å². The highest BCUT2D eigenvalue weighted by Gasteiger charge is 2.23. The van der Waals surface area contributed by atoms with Crippen molar-refractivity contribution < 1.29 is 9.90 Å². The van der Waals surface area contributed by atoms with Crippen molar-refractivity contribution in [1.29, 1.82) is 0 Å². The number of phenolic OH excluding ortho intramolecular Hbond substituents is 1. The Morgan fingerprint density at radius 1 is 1.10 bits per heavy atom. The average Bonchev–Trinajstić information content (AvgIpc) is 2.73. The third-order valence-corrected chi connectivity index (χ3v) is 3.53. The summed E-state index contributed by atoms with van der Waals surface area (Å²) >= 11 is 0. The zero-order valence-corrected chi connectivity index (χ0v) is 11.4. The van der Waals surface area contributed by atoms with Crippen molar-refractivity contribution in [1.82, 2.24) is 0 Å². The molecule has 1 heterocycles. The number of fused-ring (bicyclic) bond motifs is 1. The summed E-state index contributed by atoms with van der Waals surface area (Å²) in [5.74, 6) is 0.220. The lowest BCUT2D eigenvalue weighted by molar-refractivity contribution is -0.110. The number of carbonyl (C=O) groups excluding carboxylic acids is 1. The fraction of sp³-hybridized carbons (Fsp3) is 0.118. The fourth-order valence-corrected chi connectivity index (χ4v) is 2.52. The molecule has 3 heteroatoms. The van der Waals surface area contributed by atoms with E-state index in [4.69, 9.17) is 0 Å². The second-order valence-electron chi connectivity index (χ2n) is 5.06. The maximum absolute atomic E-state index is 12.0. The zero-order valence-electron chi connectivity index (χ0n) is 11.4. The number of carbonyl (C=O) groups is 1. The summed E-state index contributed by atoms with van der Waals surface area (Å²) < 4.78 is 0. The van der Waals surface area contributed by atoms with Gasteiger partial charge in [-0.25, -0.2) is 0 Å². The molecule has 0 saturated carbocycles. The molecule has 0 aromatic heterocycles. The lowest BCUT2D eigenvalue weighted by Crippen LogP contribution is -2.03. The first-order valence-electron chi connectivity index (χ1n) is 6.49. The van der Waals surface area contributed by atoms with Crippen LogP contribution in [0, 0.1) is 13.8 Å². The van der Waals surface area contributed by atoms with E-state index in [9.17, 15) is 9.90 Å². The SMILES string of the molecule is Cc1cc(/C=C2\C(=O)Nc3ccccc32)cc(C)c1O.